The van der Waals surface area contributed by atoms with Gasteiger partial charge in [0.05, 0.1) is 80.8 Å². The van der Waals surface area contributed by atoms with Crippen molar-refractivity contribution in [3.8, 4) is 23.0 Å². The van der Waals surface area contributed by atoms with Gasteiger partial charge in [-0.3, -0.25) is 38.7 Å². The number of hydrogen-bond donors (Lipinski definition) is 1. The quantitative estimate of drug-likeness (QED) is 0.0842. The van der Waals surface area contributed by atoms with E-state index >= 15 is 0 Å². The number of thioether (sulfide) groups is 1. The Hall–Kier alpha value is -5.60. The lowest BCUT2D eigenvalue weighted by atomic mass is 9.84. The zero-order valence-corrected chi connectivity index (χ0v) is 41.5. The number of fused-ring (bicyclic) bond motifs is 4. The number of aliphatic imine (C=N–C) groups is 1. The van der Waals surface area contributed by atoms with E-state index in [4.69, 9.17) is 33.2 Å². The molecule has 6 heterocycles. The summed E-state index contributed by atoms with van der Waals surface area (Å²) in [5.41, 5.74) is 3.28. The molecule has 2 aromatic carbocycles. The van der Waals surface area contributed by atoms with Gasteiger partial charge in [-0.25, -0.2) is 0 Å². The van der Waals surface area contributed by atoms with E-state index in [9.17, 15) is 33.9 Å². The molecule has 8 rings (SSSR count). The lowest BCUT2D eigenvalue weighted by Gasteiger charge is -2.31. The summed E-state index contributed by atoms with van der Waals surface area (Å²) in [7, 11) is 3.01. The fourth-order valence-electron chi connectivity index (χ4n) is 10.2. The van der Waals surface area contributed by atoms with Crippen LogP contribution in [-0.2, 0) is 33.4 Å². The van der Waals surface area contributed by atoms with E-state index in [0.717, 1.165) is 24.0 Å². The van der Waals surface area contributed by atoms with E-state index in [-0.39, 0.29) is 98.1 Å². The number of ketones is 2. The van der Waals surface area contributed by atoms with Crippen molar-refractivity contribution in [2.24, 2.45) is 4.99 Å². The lowest BCUT2D eigenvalue weighted by Crippen LogP contribution is -2.44. The van der Waals surface area contributed by atoms with Crippen LogP contribution in [0.5, 0.6) is 23.0 Å². The Labute approximate surface area is 418 Å². The van der Waals surface area contributed by atoms with Crippen molar-refractivity contribution in [1.82, 2.24) is 14.7 Å². The third kappa shape index (κ3) is 11.7. The van der Waals surface area contributed by atoms with Gasteiger partial charge in [0.25, 0.3) is 11.8 Å². The van der Waals surface area contributed by atoms with Crippen LogP contribution in [0.3, 0.4) is 0 Å². The molecule has 0 radical (unpaired) electrons. The minimum atomic E-state index is -1.27. The second-order valence-electron chi connectivity index (χ2n) is 18.9. The predicted molar refractivity (Wildman–Crippen MR) is 262 cm³/mol. The van der Waals surface area contributed by atoms with Gasteiger partial charge in [0.2, 0.25) is 11.8 Å². The molecule has 18 nitrogen and oxygen atoms in total. The molecule has 0 spiro atoms. The molecule has 382 valence electrons. The maximum absolute atomic E-state index is 14.3. The van der Waals surface area contributed by atoms with Crippen LogP contribution in [0.25, 0.3) is 0 Å². The van der Waals surface area contributed by atoms with E-state index in [0.29, 0.717) is 97.9 Å². The Morgan fingerprint density at radius 1 is 0.831 bits per heavy atom. The van der Waals surface area contributed by atoms with Gasteiger partial charge in [-0.05, 0) is 87.8 Å². The number of rotatable bonds is 23. The number of hydrogen-bond acceptors (Lipinski definition) is 16. The number of imide groups is 1. The van der Waals surface area contributed by atoms with Gasteiger partial charge in [-0.2, -0.15) is 11.8 Å². The standard InChI is InChI=1S/C52H64N4O14S/c1-30-17-32-24-53-38-22-44(42(65-4)21-37(38)51(62)55(32)25-30)68-16-8-6-7-15-67-43-19-35-36(20-41(43)64-3)50(61)56-26-31(2)18-39(56)49(60)48(35)40(58)29-69-47-13-9-12-34(70-47)28-66-27-33(57)11-10-14-54-46(59)23-45(71-5)52(54)63/h19-22,24,32,34,39,45,47-49,60H,1-2,6-18,23,25-29H2,3-5H3/t32-,34?,39-,45?,47?,48?,49-/m0/s1. The van der Waals surface area contributed by atoms with Crippen LogP contribution in [0.1, 0.15) is 103 Å². The molecular formula is C52H64N4O14S. The average Bonchev–Trinajstić information content (AvgIpc) is 4.00. The van der Waals surface area contributed by atoms with Gasteiger partial charge in [0, 0.05) is 50.3 Å². The Morgan fingerprint density at radius 3 is 2.24 bits per heavy atom. The van der Waals surface area contributed by atoms with Crippen LogP contribution in [0.4, 0.5) is 5.69 Å². The second kappa shape index (κ2) is 23.3. The van der Waals surface area contributed by atoms with Crippen LogP contribution >= 0.6 is 11.8 Å². The van der Waals surface area contributed by atoms with E-state index in [1.54, 1.807) is 46.5 Å². The Balaban J connectivity index is 0.837. The highest BCUT2D eigenvalue weighted by Gasteiger charge is 2.48. The minimum Gasteiger partial charge on any atom is -0.493 e. The highest BCUT2D eigenvalue weighted by atomic mass is 32.2. The smallest absolute Gasteiger partial charge is 0.257 e. The maximum atomic E-state index is 14.3. The molecule has 4 fully saturated rings. The molecule has 7 atom stereocenters. The number of carbonyl (C=O) groups excluding carboxylic acids is 6. The van der Waals surface area contributed by atoms with Gasteiger partial charge >= 0.3 is 0 Å². The van der Waals surface area contributed by atoms with Crippen molar-refractivity contribution in [3.05, 3.63) is 65.3 Å². The van der Waals surface area contributed by atoms with E-state index in [1.165, 1.54) is 30.9 Å². The van der Waals surface area contributed by atoms with Gasteiger partial charge < -0.3 is 48.1 Å². The van der Waals surface area contributed by atoms with E-state index in [1.807, 2.05) is 0 Å². The molecule has 2 aromatic rings. The highest BCUT2D eigenvalue weighted by molar-refractivity contribution is 8.00. The third-order valence-corrected chi connectivity index (χ3v) is 14.8. The molecule has 19 heteroatoms. The first-order valence-corrected chi connectivity index (χ1v) is 25.7. The second-order valence-corrected chi connectivity index (χ2v) is 19.9. The normalized spacial score (nSPS) is 24.9. The molecule has 4 unspecified atom stereocenters. The van der Waals surface area contributed by atoms with Crippen LogP contribution in [-0.4, -0.2) is 170 Å². The summed E-state index contributed by atoms with van der Waals surface area (Å²) in [5, 5.41) is 11.6. The van der Waals surface area contributed by atoms with E-state index in [2.05, 4.69) is 18.2 Å². The highest BCUT2D eigenvalue weighted by Crippen LogP contribution is 2.43. The number of Topliss-reactive ketones (excluding diaryl/α,β-unsaturated/α-hetero) is 2. The molecule has 0 bridgehead atoms. The Kier molecular flexibility index (Phi) is 17.0. The topological polar surface area (TPSA) is 209 Å². The van der Waals surface area contributed by atoms with Gasteiger partial charge in [0.15, 0.2) is 40.9 Å². The molecule has 6 aliphatic rings. The van der Waals surface area contributed by atoms with Crippen LogP contribution < -0.4 is 18.9 Å². The summed E-state index contributed by atoms with van der Waals surface area (Å²) in [6.07, 6.45) is 6.88. The van der Waals surface area contributed by atoms with Crippen molar-refractivity contribution in [2.75, 3.05) is 73.1 Å². The zero-order chi connectivity index (χ0) is 50.3. The number of amides is 4. The van der Waals surface area contributed by atoms with Gasteiger partial charge in [-0.1, -0.05) is 24.3 Å². The summed E-state index contributed by atoms with van der Waals surface area (Å²) in [6, 6.07) is 5.80. The zero-order valence-electron chi connectivity index (χ0n) is 40.7. The monoisotopic (exact) mass is 1000 g/mol. The molecular weight excluding hydrogens is 937 g/mol. The van der Waals surface area contributed by atoms with Crippen LogP contribution in [0.2, 0.25) is 0 Å². The summed E-state index contributed by atoms with van der Waals surface area (Å²) >= 11 is 1.35. The van der Waals surface area contributed by atoms with Crippen molar-refractivity contribution in [3.63, 3.8) is 0 Å². The number of unbranched alkanes of at least 4 members (excludes halogenated alkanes) is 2. The molecule has 4 saturated heterocycles. The van der Waals surface area contributed by atoms with Crippen molar-refractivity contribution >= 4 is 58.9 Å². The average molecular weight is 1000 g/mol. The maximum Gasteiger partial charge on any atom is 0.257 e. The summed E-state index contributed by atoms with van der Waals surface area (Å²) in [6.45, 7) is 9.31. The number of likely N-dealkylation sites (tertiary alicyclic amines) is 1. The van der Waals surface area contributed by atoms with Crippen molar-refractivity contribution < 1.29 is 67.0 Å². The van der Waals surface area contributed by atoms with Crippen LogP contribution in [0.15, 0.2) is 53.6 Å². The predicted octanol–water partition coefficient (Wildman–Crippen LogP) is 5.38. The number of aliphatic hydroxyl groups is 1. The van der Waals surface area contributed by atoms with Crippen molar-refractivity contribution in [2.45, 2.75) is 112 Å². The number of benzene rings is 2. The fourth-order valence-corrected chi connectivity index (χ4v) is 10.8. The molecule has 6 aliphatic heterocycles. The SMILES string of the molecule is C=C1C[C@H]2C=Nc3cc(OCCCCCOc4cc5c(cc4OC)C(=O)N4CC(=C)C[C@H]4[C@H](O)C5C(=O)COC4CCCC(COCC(=O)CCCN5C(=O)CC(SC)C5=O)O4)c(OC)cc3C(=O)N2C1. The summed E-state index contributed by atoms with van der Waals surface area (Å²) in [4.78, 5) is 88.1. The summed E-state index contributed by atoms with van der Waals surface area (Å²) in [5.74, 6) is -1.06. The minimum absolute atomic E-state index is 0.119. The lowest BCUT2D eigenvalue weighted by molar-refractivity contribution is -0.205. The van der Waals surface area contributed by atoms with Crippen LogP contribution in [0, 0.1) is 0 Å². The Morgan fingerprint density at radius 2 is 1.52 bits per heavy atom. The number of methoxy groups -OCH3 is 2. The Bertz CT molecular complexity index is 2440. The fraction of sp³-hybridized carbons (Fsp3) is 0.558. The third-order valence-electron chi connectivity index (χ3n) is 13.9. The van der Waals surface area contributed by atoms with Crippen molar-refractivity contribution in [1.29, 1.82) is 0 Å². The van der Waals surface area contributed by atoms with Gasteiger partial charge in [0.1, 0.15) is 13.2 Å². The molecule has 0 aliphatic carbocycles. The molecule has 71 heavy (non-hydrogen) atoms. The first kappa shape index (κ1) is 51.7. The number of nitrogens with zero attached hydrogens (tertiary/aromatic N) is 4. The molecule has 0 aromatic heterocycles. The number of ether oxygens (including phenoxy) is 7. The van der Waals surface area contributed by atoms with E-state index < -0.39 is 36.7 Å². The van der Waals surface area contributed by atoms with Gasteiger partial charge in [-0.15, -0.1) is 0 Å². The largest absolute Gasteiger partial charge is 0.493 e. The first-order chi connectivity index (χ1) is 34.3. The molecule has 1 N–H and O–H groups in total. The number of aliphatic hydroxyl groups excluding tert-OH is 1. The number of carbonyl (C=O) groups is 6. The summed E-state index contributed by atoms with van der Waals surface area (Å²) < 4.78 is 41.5. The first-order valence-electron chi connectivity index (χ1n) is 24.4. The molecule has 0 saturated carbocycles. The molecule has 4 amide bonds.